The number of hydrogen-bond acceptors (Lipinski definition) is 4. The zero-order valence-electron chi connectivity index (χ0n) is 14.1. The molecule has 1 aliphatic carbocycles. The van der Waals surface area contributed by atoms with E-state index in [1.807, 2.05) is 18.2 Å². The second-order valence-electron chi connectivity index (χ2n) is 6.92. The molecule has 0 unspecified atom stereocenters. The second kappa shape index (κ2) is 6.37. The van der Waals surface area contributed by atoms with Gasteiger partial charge < -0.3 is 0 Å². The highest BCUT2D eigenvalue weighted by atomic mass is 16.6. The maximum Gasteiger partial charge on any atom is 0.271 e. The van der Waals surface area contributed by atoms with Crippen molar-refractivity contribution >= 4 is 23.2 Å². The summed E-state index contributed by atoms with van der Waals surface area (Å²) in [6.07, 6.45) is 2.18. The zero-order valence-corrected chi connectivity index (χ0v) is 14.1. The van der Waals surface area contributed by atoms with Crippen molar-refractivity contribution in [1.82, 2.24) is 0 Å². The first-order valence-corrected chi connectivity index (χ1v) is 8.73. The highest BCUT2D eigenvalue weighted by molar-refractivity contribution is 6.22. The largest absolute Gasteiger partial charge is 0.274 e. The van der Waals surface area contributed by atoms with Crippen molar-refractivity contribution < 1.29 is 14.5 Å². The molecule has 0 aromatic heterocycles. The predicted molar refractivity (Wildman–Crippen MR) is 95.6 cm³/mol. The quantitative estimate of drug-likeness (QED) is 0.480. The number of carbonyl (C=O) groups is 2. The van der Waals surface area contributed by atoms with E-state index in [0.29, 0.717) is 18.5 Å². The Morgan fingerprint density at radius 3 is 2.38 bits per heavy atom. The van der Waals surface area contributed by atoms with E-state index in [9.17, 15) is 19.7 Å². The van der Waals surface area contributed by atoms with E-state index in [4.69, 9.17) is 0 Å². The smallest absolute Gasteiger partial charge is 0.271 e. The molecule has 6 nitrogen and oxygen atoms in total. The number of anilines is 1. The van der Waals surface area contributed by atoms with Crippen molar-refractivity contribution in [3.63, 3.8) is 0 Å². The minimum atomic E-state index is -0.521. The molecule has 2 fully saturated rings. The Kier molecular flexibility index (Phi) is 4.03. The number of imide groups is 1. The van der Waals surface area contributed by atoms with Gasteiger partial charge in [-0.2, -0.15) is 0 Å². The molecular weight excluding hydrogens is 332 g/mol. The van der Waals surface area contributed by atoms with Gasteiger partial charge in [0.15, 0.2) is 0 Å². The van der Waals surface area contributed by atoms with Crippen LogP contribution in [0.15, 0.2) is 54.6 Å². The van der Waals surface area contributed by atoms with Crippen molar-refractivity contribution in [2.45, 2.75) is 25.2 Å². The molecule has 132 valence electrons. The Morgan fingerprint density at radius 1 is 0.923 bits per heavy atom. The third kappa shape index (κ3) is 2.67. The van der Waals surface area contributed by atoms with Crippen molar-refractivity contribution in [2.75, 3.05) is 4.90 Å². The van der Waals surface area contributed by atoms with Gasteiger partial charge in [0.05, 0.1) is 22.4 Å². The average molecular weight is 350 g/mol. The summed E-state index contributed by atoms with van der Waals surface area (Å²) < 4.78 is 0. The summed E-state index contributed by atoms with van der Waals surface area (Å²) in [5, 5.41) is 11.0. The molecule has 0 radical (unpaired) electrons. The molecule has 2 aromatic rings. The molecule has 4 rings (SSSR count). The van der Waals surface area contributed by atoms with Gasteiger partial charge in [0.2, 0.25) is 11.8 Å². The molecule has 0 bridgehead atoms. The number of hydrogen-bond donors (Lipinski definition) is 0. The van der Waals surface area contributed by atoms with Gasteiger partial charge in [0.25, 0.3) is 5.69 Å². The lowest BCUT2D eigenvalue weighted by molar-refractivity contribution is -0.384. The van der Waals surface area contributed by atoms with Crippen LogP contribution in [0.4, 0.5) is 11.4 Å². The van der Waals surface area contributed by atoms with Gasteiger partial charge in [-0.25, -0.2) is 4.90 Å². The number of nitrogens with zero attached hydrogens (tertiary/aromatic N) is 2. The molecular formula is C20H18N2O4. The van der Waals surface area contributed by atoms with E-state index in [0.717, 1.165) is 11.3 Å². The molecule has 1 aliphatic heterocycles. The predicted octanol–water partition coefficient (Wildman–Crippen LogP) is 3.67. The normalized spacial score (nSPS) is 25.2. The van der Waals surface area contributed by atoms with E-state index in [1.165, 1.54) is 23.8 Å². The topological polar surface area (TPSA) is 80.5 Å². The van der Waals surface area contributed by atoms with Gasteiger partial charge >= 0.3 is 0 Å². The minimum absolute atomic E-state index is 0.125. The lowest BCUT2D eigenvalue weighted by Gasteiger charge is -2.28. The van der Waals surface area contributed by atoms with E-state index in [-0.39, 0.29) is 35.3 Å². The van der Waals surface area contributed by atoms with Crippen LogP contribution in [0.1, 0.15) is 30.7 Å². The molecule has 6 heteroatoms. The monoisotopic (exact) mass is 350 g/mol. The highest BCUT2D eigenvalue weighted by Crippen LogP contribution is 2.45. The second-order valence-corrected chi connectivity index (χ2v) is 6.92. The van der Waals surface area contributed by atoms with Gasteiger partial charge in [0, 0.05) is 12.1 Å². The van der Waals surface area contributed by atoms with Crippen LogP contribution in [0.2, 0.25) is 0 Å². The minimum Gasteiger partial charge on any atom is -0.274 e. The molecule has 26 heavy (non-hydrogen) atoms. The van der Waals surface area contributed by atoms with Crippen molar-refractivity contribution in [3.8, 4) is 0 Å². The van der Waals surface area contributed by atoms with Gasteiger partial charge in [-0.15, -0.1) is 0 Å². The Bertz CT molecular complexity index is 880. The molecule has 1 heterocycles. The average Bonchev–Trinajstić information content (AvgIpc) is 2.92. The molecule has 0 spiro atoms. The summed E-state index contributed by atoms with van der Waals surface area (Å²) in [6, 6.07) is 15.8. The summed E-state index contributed by atoms with van der Waals surface area (Å²) in [5.74, 6) is -0.866. The molecule has 1 saturated heterocycles. The maximum atomic E-state index is 12.9. The first kappa shape index (κ1) is 16.4. The lowest BCUT2D eigenvalue weighted by atomic mass is 9.73. The van der Waals surface area contributed by atoms with Gasteiger partial charge in [-0.05, 0) is 36.8 Å². The van der Waals surface area contributed by atoms with E-state index in [1.54, 1.807) is 6.07 Å². The molecule has 2 aliphatic rings. The summed E-state index contributed by atoms with van der Waals surface area (Å²) in [6.45, 7) is 0. The molecule has 2 amide bonds. The SMILES string of the molecule is O=C1[C@@H]2CC[C@H](c3ccccc3)C[C@H]2C(=O)N1c1cccc([N+](=O)[O-])c1. The maximum absolute atomic E-state index is 12.9. The third-order valence-electron chi connectivity index (χ3n) is 5.50. The summed E-state index contributed by atoms with van der Waals surface area (Å²) in [7, 11) is 0. The molecule has 1 saturated carbocycles. The van der Waals surface area contributed by atoms with Gasteiger partial charge in [-0.3, -0.25) is 19.7 Å². The standard InChI is InChI=1S/C20H18N2O4/c23-19-17-10-9-14(13-5-2-1-3-6-13)11-18(17)20(24)21(19)15-7-4-8-16(12-15)22(25)26/h1-8,12,14,17-18H,9-11H2/t14-,17+,18+/m0/s1. The van der Waals surface area contributed by atoms with Crippen LogP contribution < -0.4 is 4.90 Å². The number of nitro groups is 1. The number of non-ortho nitro benzene ring substituents is 1. The van der Waals surface area contributed by atoms with Crippen molar-refractivity contribution in [2.24, 2.45) is 11.8 Å². The Hall–Kier alpha value is -3.02. The van der Waals surface area contributed by atoms with Crippen LogP contribution >= 0.6 is 0 Å². The number of benzene rings is 2. The first-order chi connectivity index (χ1) is 12.6. The van der Waals surface area contributed by atoms with Crippen LogP contribution in [-0.4, -0.2) is 16.7 Å². The van der Waals surface area contributed by atoms with E-state index < -0.39 is 4.92 Å². The lowest BCUT2D eigenvalue weighted by Crippen LogP contribution is -2.30. The first-order valence-electron chi connectivity index (χ1n) is 8.73. The fraction of sp³-hybridized carbons (Fsp3) is 0.300. The Labute approximate surface area is 150 Å². The van der Waals surface area contributed by atoms with Crippen LogP contribution in [0.5, 0.6) is 0 Å². The van der Waals surface area contributed by atoms with Crippen LogP contribution in [0.3, 0.4) is 0 Å². The van der Waals surface area contributed by atoms with Crippen molar-refractivity contribution in [3.05, 3.63) is 70.3 Å². The molecule has 2 aromatic carbocycles. The fourth-order valence-corrected chi connectivity index (χ4v) is 4.21. The van der Waals surface area contributed by atoms with E-state index in [2.05, 4.69) is 12.1 Å². The van der Waals surface area contributed by atoms with Crippen LogP contribution in [0, 0.1) is 22.0 Å². The summed E-state index contributed by atoms with van der Waals surface area (Å²) in [4.78, 5) is 37.4. The van der Waals surface area contributed by atoms with Crippen LogP contribution in [-0.2, 0) is 9.59 Å². The van der Waals surface area contributed by atoms with E-state index >= 15 is 0 Å². The number of amides is 2. The summed E-state index contributed by atoms with van der Waals surface area (Å²) >= 11 is 0. The fourth-order valence-electron chi connectivity index (χ4n) is 4.21. The van der Waals surface area contributed by atoms with Crippen molar-refractivity contribution in [1.29, 1.82) is 0 Å². The molecule has 3 atom stereocenters. The van der Waals surface area contributed by atoms with Crippen LogP contribution in [0.25, 0.3) is 0 Å². The Balaban J connectivity index is 1.61. The number of carbonyl (C=O) groups excluding carboxylic acids is 2. The zero-order chi connectivity index (χ0) is 18.3. The highest BCUT2D eigenvalue weighted by Gasteiger charge is 2.50. The number of nitro benzene ring substituents is 1. The van der Waals surface area contributed by atoms with Gasteiger partial charge in [-0.1, -0.05) is 36.4 Å². The molecule has 0 N–H and O–H groups in total. The Morgan fingerprint density at radius 2 is 1.65 bits per heavy atom. The number of fused-ring (bicyclic) bond motifs is 1. The van der Waals surface area contributed by atoms with Gasteiger partial charge in [0.1, 0.15) is 0 Å². The third-order valence-corrected chi connectivity index (χ3v) is 5.50. The summed E-state index contributed by atoms with van der Waals surface area (Å²) in [5.41, 5.74) is 1.36. The number of rotatable bonds is 3.